The minimum absolute atomic E-state index is 0.152. The molecule has 0 bridgehead atoms. The van der Waals surface area contributed by atoms with Gasteiger partial charge in [0.25, 0.3) is 0 Å². The number of hydrogen-bond donors (Lipinski definition) is 3. The van der Waals surface area contributed by atoms with Crippen LogP contribution < -0.4 is 10.2 Å². The third-order valence-corrected chi connectivity index (χ3v) is 6.06. The van der Waals surface area contributed by atoms with Crippen LogP contribution in [0.3, 0.4) is 0 Å². The predicted molar refractivity (Wildman–Crippen MR) is 126 cm³/mol. The van der Waals surface area contributed by atoms with Crippen LogP contribution in [0.15, 0.2) is 49.2 Å². The molecule has 9 nitrogen and oxygen atoms in total. The lowest BCUT2D eigenvalue weighted by Gasteiger charge is -2.41. The van der Waals surface area contributed by atoms with Crippen LogP contribution in [0.4, 0.5) is 10.1 Å². The fraction of sp³-hybridized carbons (Fsp3) is 0.375. The van der Waals surface area contributed by atoms with E-state index in [1.165, 1.54) is 12.1 Å². The van der Waals surface area contributed by atoms with E-state index in [0.29, 0.717) is 12.1 Å². The molecule has 3 heterocycles. The number of rotatable bonds is 11. The fourth-order valence-electron chi connectivity index (χ4n) is 4.25. The molecule has 0 spiro atoms. The van der Waals surface area contributed by atoms with Crippen molar-refractivity contribution in [1.82, 2.24) is 30.3 Å². The first-order valence-electron chi connectivity index (χ1n) is 11.5. The van der Waals surface area contributed by atoms with E-state index in [-0.39, 0.29) is 18.5 Å². The van der Waals surface area contributed by atoms with Crippen LogP contribution in [0.1, 0.15) is 24.0 Å². The Kier molecular flexibility index (Phi) is 6.79. The quantitative estimate of drug-likeness (QED) is 0.293. The van der Waals surface area contributed by atoms with Gasteiger partial charge in [0.1, 0.15) is 18.5 Å². The third kappa shape index (κ3) is 5.09. The van der Waals surface area contributed by atoms with Crippen LogP contribution in [-0.4, -0.2) is 62.4 Å². The maximum Gasteiger partial charge on any atom is 0.123 e. The topological polar surface area (TPSA) is 104 Å². The zero-order valence-electron chi connectivity index (χ0n) is 18.8. The second-order valence-electron chi connectivity index (χ2n) is 8.57. The first-order chi connectivity index (χ1) is 16.7. The summed E-state index contributed by atoms with van der Waals surface area (Å²) in [6.07, 6.45) is 7.39. The van der Waals surface area contributed by atoms with Gasteiger partial charge in [-0.2, -0.15) is 5.10 Å². The van der Waals surface area contributed by atoms with E-state index in [0.717, 1.165) is 66.9 Å². The number of halogens is 1. The summed E-state index contributed by atoms with van der Waals surface area (Å²) < 4.78 is 21.4. The van der Waals surface area contributed by atoms with E-state index in [4.69, 9.17) is 4.74 Å². The largest absolute Gasteiger partial charge is 0.392 e. The number of aliphatic hydroxyl groups excluding tert-OH is 1. The minimum atomic E-state index is -0.315. The van der Waals surface area contributed by atoms with Crippen molar-refractivity contribution in [1.29, 1.82) is 0 Å². The number of nitrogens with zero attached hydrogens (tertiary/aromatic N) is 5. The molecule has 1 aliphatic heterocycles. The first kappa shape index (κ1) is 22.5. The molecule has 1 fully saturated rings. The van der Waals surface area contributed by atoms with Gasteiger partial charge in [-0.1, -0.05) is 6.07 Å². The lowest BCUT2D eigenvalue weighted by Crippen LogP contribution is -2.52. The predicted octanol–water partition coefficient (Wildman–Crippen LogP) is 2.55. The van der Waals surface area contributed by atoms with Crippen molar-refractivity contribution in [2.75, 3.05) is 31.1 Å². The molecule has 0 radical (unpaired) electrons. The summed E-state index contributed by atoms with van der Waals surface area (Å²) in [6.45, 7) is 3.67. The van der Waals surface area contributed by atoms with Crippen molar-refractivity contribution in [3.63, 3.8) is 0 Å². The summed E-state index contributed by atoms with van der Waals surface area (Å²) in [4.78, 5) is 2.30. The molecule has 178 valence electrons. The number of benzene rings is 2. The Morgan fingerprint density at radius 3 is 2.74 bits per heavy atom. The molecule has 2 aromatic heterocycles. The SMILES string of the molecule is OCc1cc(F)cc(CNCCCCOC2CN(c3cc(-n4cnnc4)cc4[nH]ncc34)C2)c1. The highest BCUT2D eigenvalue weighted by Gasteiger charge is 2.29. The van der Waals surface area contributed by atoms with Gasteiger partial charge in [0.05, 0.1) is 35.8 Å². The van der Waals surface area contributed by atoms with Crippen LogP contribution >= 0.6 is 0 Å². The number of anilines is 1. The molecule has 10 heteroatoms. The lowest BCUT2D eigenvalue weighted by molar-refractivity contribution is 0.0324. The molecule has 0 saturated carbocycles. The lowest BCUT2D eigenvalue weighted by atomic mass is 10.1. The number of unbranched alkanes of at least 4 members (excludes halogenated alkanes) is 1. The van der Waals surface area contributed by atoms with Gasteiger partial charge in [-0.15, -0.1) is 10.2 Å². The van der Waals surface area contributed by atoms with Crippen LogP contribution in [0.25, 0.3) is 16.6 Å². The van der Waals surface area contributed by atoms with Crippen molar-refractivity contribution < 1.29 is 14.2 Å². The third-order valence-electron chi connectivity index (χ3n) is 6.06. The summed E-state index contributed by atoms with van der Waals surface area (Å²) in [5.74, 6) is -0.315. The van der Waals surface area contributed by atoms with Crippen molar-refractivity contribution >= 4 is 16.6 Å². The number of aliphatic hydroxyl groups is 1. The number of fused-ring (bicyclic) bond motifs is 1. The van der Waals surface area contributed by atoms with Crippen LogP contribution in [-0.2, 0) is 17.9 Å². The fourth-order valence-corrected chi connectivity index (χ4v) is 4.25. The average Bonchev–Trinajstić information content (AvgIpc) is 3.51. The van der Waals surface area contributed by atoms with Crippen LogP contribution in [0.5, 0.6) is 0 Å². The van der Waals surface area contributed by atoms with Gasteiger partial charge in [0.15, 0.2) is 0 Å². The Morgan fingerprint density at radius 1 is 1.09 bits per heavy atom. The van der Waals surface area contributed by atoms with Gasteiger partial charge < -0.3 is 20.1 Å². The highest BCUT2D eigenvalue weighted by Crippen LogP contribution is 2.32. The standard InChI is InChI=1S/C24H28FN7O2/c25-19-6-17(5-18(7-19)14-33)10-26-3-1-2-4-34-21-12-31(13-21)24-9-20(32-15-28-29-16-32)8-23-22(24)11-27-30-23/h5-9,11,15-16,21,26,33H,1-4,10,12-14H2,(H,27,30). The molecular formula is C24H28FN7O2. The zero-order valence-corrected chi connectivity index (χ0v) is 18.8. The number of ether oxygens (including phenoxy) is 1. The van der Waals surface area contributed by atoms with Gasteiger partial charge in [0.2, 0.25) is 0 Å². The van der Waals surface area contributed by atoms with E-state index in [1.807, 2.05) is 22.9 Å². The molecule has 34 heavy (non-hydrogen) atoms. The number of aromatic nitrogens is 5. The van der Waals surface area contributed by atoms with Crippen molar-refractivity contribution in [3.05, 3.63) is 66.1 Å². The van der Waals surface area contributed by atoms with E-state index in [1.54, 1.807) is 12.7 Å². The van der Waals surface area contributed by atoms with E-state index in [2.05, 4.69) is 36.7 Å². The summed E-state index contributed by atoms with van der Waals surface area (Å²) in [7, 11) is 0. The molecular weight excluding hydrogens is 437 g/mol. The Balaban J connectivity index is 1.03. The van der Waals surface area contributed by atoms with Gasteiger partial charge in [-0.3, -0.25) is 9.67 Å². The Labute approximate surface area is 196 Å². The molecule has 4 aromatic rings. The van der Waals surface area contributed by atoms with Gasteiger partial charge in [-0.05, 0) is 54.8 Å². The molecule has 0 unspecified atom stereocenters. The van der Waals surface area contributed by atoms with Gasteiger partial charge >= 0.3 is 0 Å². The molecule has 1 aliphatic rings. The second kappa shape index (κ2) is 10.3. The summed E-state index contributed by atoms with van der Waals surface area (Å²) in [5, 5.41) is 28.6. The number of H-pyrrole nitrogens is 1. The maximum absolute atomic E-state index is 13.5. The Morgan fingerprint density at radius 2 is 1.91 bits per heavy atom. The van der Waals surface area contributed by atoms with Gasteiger partial charge in [0, 0.05) is 31.6 Å². The molecule has 0 aliphatic carbocycles. The van der Waals surface area contributed by atoms with E-state index >= 15 is 0 Å². The van der Waals surface area contributed by atoms with E-state index < -0.39 is 0 Å². The molecule has 3 N–H and O–H groups in total. The average molecular weight is 466 g/mol. The molecule has 0 atom stereocenters. The maximum atomic E-state index is 13.5. The van der Waals surface area contributed by atoms with Crippen LogP contribution in [0, 0.1) is 5.82 Å². The summed E-state index contributed by atoms with van der Waals surface area (Å²) >= 11 is 0. The number of aromatic amines is 1. The molecule has 0 amide bonds. The Bertz CT molecular complexity index is 1220. The molecule has 5 rings (SSSR count). The summed E-state index contributed by atoms with van der Waals surface area (Å²) in [5.41, 5.74) is 4.53. The van der Waals surface area contributed by atoms with Crippen LogP contribution in [0.2, 0.25) is 0 Å². The number of hydrogen-bond acceptors (Lipinski definition) is 7. The summed E-state index contributed by atoms with van der Waals surface area (Å²) in [6, 6.07) is 8.84. The smallest absolute Gasteiger partial charge is 0.123 e. The first-order valence-corrected chi connectivity index (χ1v) is 11.5. The number of nitrogens with one attached hydrogen (secondary N) is 2. The van der Waals surface area contributed by atoms with Crippen molar-refractivity contribution in [3.8, 4) is 5.69 Å². The molecule has 2 aromatic carbocycles. The van der Waals surface area contributed by atoms with Gasteiger partial charge in [-0.25, -0.2) is 4.39 Å². The second-order valence-corrected chi connectivity index (χ2v) is 8.57. The van der Waals surface area contributed by atoms with Crippen molar-refractivity contribution in [2.24, 2.45) is 0 Å². The molecule has 1 saturated heterocycles. The zero-order chi connectivity index (χ0) is 23.3. The highest BCUT2D eigenvalue weighted by atomic mass is 19.1. The Hall–Kier alpha value is -3.34. The van der Waals surface area contributed by atoms with E-state index in [9.17, 15) is 9.50 Å². The normalized spacial score (nSPS) is 14.1. The highest BCUT2D eigenvalue weighted by molar-refractivity contribution is 5.93. The monoisotopic (exact) mass is 465 g/mol. The minimum Gasteiger partial charge on any atom is -0.392 e. The van der Waals surface area contributed by atoms with Crippen molar-refractivity contribution in [2.45, 2.75) is 32.1 Å².